The van der Waals surface area contributed by atoms with Crippen LogP contribution in [-0.2, 0) is 6.42 Å². The summed E-state index contributed by atoms with van der Waals surface area (Å²) in [5.74, 6) is 0. The fraction of sp³-hybridized carbons (Fsp3) is 0.824. The quantitative estimate of drug-likeness (QED) is 0.848. The molecule has 0 radical (unpaired) electrons. The van der Waals surface area contributed by atoms with Crippen molar-refractivity contribution in [3.63, 3.8) is 0 Å². The average Bonchev–Trinajstić information content (AvgIpc) is 2.78. The molecule has 1 aromatic heterocycles. The van der Waals surface area contributed by atoms with Crippen LogP contribution in [0.5, 0.6) is 0 Å². The molecule has 3 heteroatoms. The van der Waals surface area contributed by atoms with E-state index in [2.05, 4.69) is 43.0 Å². The molecule has 1 aliphatic rings. The van der Waals surface area contributed by atoms with Gasteiger partial charge in [-0.1, -0.05) is 33.1 Å². The van der Waals surface area contributed by atoms with E-state index in [0.29, 0.717) is 11.6 Å². The highest BCUT2D eigenvalue weighted by atomic mass is 15.3. The normalized spacial score (nSPS) is 25.4. The molecule has 0 aliphatic carbocycles. The van der Waals surface area contributed by atoms with E-state index >= 15 is 0 Å². The van der Waals surface area contributed by atoms with E-state index in [1.54, 1.807) is 0 Å². The molecule has 1 saturated heterocycles. The Morgan fingerprint density at radius 3 is 2.95 bits per heavy atom. The standard InChI is InChI=1S/C17H31N3/c1-4-10-17(11-7-6-8-12-18-17)14-16-9-13-20(19-16)15(3)5-2/h9,13,15,18H,4-8,10-12,14H2,1-3H3. The Morgan fingerprint density at radius 2 is 2.20 bits per heavy atom. The third-order valence-corrected chi connectivity index (χ3v) is 4.79. The molecule has 1 fully saturated rings. The Balaban J connectivity index is 2.08. The van der Waals surface area contributed by atoms with Crippen molar-refractivity contribution in [2.45, 2.75) is 83.7 Å². The molecule has 0 amide bonds. The zero-order valence-corrected chi connectivity index (χ0v) is 13.5. The van der Waals surface area contributed by atoms with Gasteiger partial charge >= 0.3 is 0 Å². The Labute approximate surface area is 124 Å². The fourth-order valence-corrected chi connectivity index (χ4v) is 3.39. The average molecular weight is 277 g/mol. The van der Waals surface area contributed by atoms with Crippen LogP contribution in [-0.4, -0.2) is 21.9 Å². The van der Waals surface area contributed by atoms with Crippen LogP contribution in [0, 0.1) is 0 Å². The zero-order valence-electron chi connectivity index (χ0n) is 13.5. The van der Waals surface area contributed by atoms with Crippen LogP contribution in [0.3, 0.4) is 0 Å². The Kier molecular flexibility index (Phi) is 5.64. The van der Waals surface area contributed by atoms with Crippen LogP contribution >= 0.6 is 0 Å². The Bertz CT molecular complexity index is 389. The molecule has 0 saturated carbocycles. The van der Waals surface area contributed by atoms with Gasteiger partial charge < -0.3 is 5.32 Å². The lowest BCUT2D eigenvalue weighted by molar-refractivity contribution is 0.284. The monoisotopic (exact) mass is 277 g/mol. The maximum Gasteiger partial charge on any atom is 0.0643 e. The minimum Gasteiger partial charge on any atom is -0.311 e. The predicted octanol–water partition coefficient (Wildman–Crippen LogP) is 4.10. The molecule has 2 unspecified atom stereocenters. The van der Waals surface area contributed by atoms with Gasteiger partial charge in [0.15, 0.2) is 0 Å². The van der Waals surface area contributed by atoms with Gasteiger partial charge in [-0.3, -0.25) is 4.68 Å². The van der Waals surface area contributed by atoms with Crippen molar-refractivity contribution in [1.29, 1.82) is 0 Å². The number of nitrogens with one attached hydrogen (secondary N) is 1. The molecular weight excluding hydrogens is 246 g/mol. The van der Waals surface area contributed by atoms with Crippen molar-refractivity contribution >= 4 is 0 Å². The van der Waals surface area contributed by atoms with E-state index in [1.165, 1.54) is 50.8 Å². The maximum atomic E-state index is 4.81. The van der Waals surface area contributed by atoms with Crippen molar-refractivity contribution < 1.29 is 0 Å². The minimum absolute atomic E-state index is 0.292. The molecule has 0 spiro atoms. The smallest absolute Gasteiger partial charge is 0.0643 e. The summed E-state index contributed by atoms with van der Waals surface area (Å²) < 4.78 is 2.13. The van der Waals surface area contributed by atoms with E-state index in [9.17, 15) is 0 Å². The van der Waals surface area contributed by atoms with Gasteiger partial charge in [-0.2, -0.15) is 5.10 Å². The first-order valence-electron chi connectivity index (χ1n) is 8.48. The highest BCUT2D eigenvalue weighted by Gasteiger charge is 2.30. The lowest BCUT2D eigenvalue weighted by atomic mass is 9.84. The van der Waals surface area contributed by atoms with Crippen molar-refractivity contribution in [2.75, 3.05) is 6.54 Å². The maximum absolute atomic E-state index is 4.81. The SMILES string of the molecule is CCCC1(Cc2ccn(C(C)CC)n2)CCCCCN1. The first-order chi connectivity index (χ1) is 9.69. The van der Waals surface area contributed by atoms with Gasteiger partial charge in [-0.25, -0.2) is 0 Å². The second-order valence-corrected chi connectivity index (χ2v) is 6.49. The molecule has 2 heterocycles. The Morgan fingerprint density at radius 1 is 1.35 bits per heavy atom. The van der Waals surface area contributed by atoms with Crippen LogP contribution in [0.4, 0.5) is 0 Å². The number of rotatable bonds is 6. The predicted molar refractivity (Wildman–Crippen MR) is 85.0 cm³/mol. The second-order valence-electron chi connectivity index (χ2n) is 6.49. The summed E-state index contributed by atoms with van der Waals surface area (Å²) in [6.45, 7) is 7.93. The van der Waals surface area contributed by atoms with Crippen molar-refractivity contribution in [3.05, 3.63) is 18.0 Å². The molecule has 0 bridgehead atoms. The van der Waals surface area contributed by atoms with Gasteiger partial charge in [0.2, 0.25) is 0 Å². The summed E-state index contributed by atoms with van der Waals surface area (Å²) in [7, 11) is 0. The first-order valence-corrected chi connectivity index (χ1v) is 8.48. The highest BCUT2D eigenvalue weighted by Crippen LogP contribution is 2.28. The van der Waals surface area contributed by atoms with Gasteiger partial charge in [0.05, 0.1) is 5.69 Å². The molecule has 2 rings (SSSR count). The van der Waals surface area contributed by atoms with E-state index < -0.39 is 0 Å². The van der Waals surface area contributed by atoms with Gasteiger partial charge in [-0.15, -0.1) is 0 Å². The van der Waals surface area contributed by atoms with E-state index in [4.69, 9.17) is 5.10 Å². The number of nitrogens with zero attached hydrogens (tertiary/aromatic N) is 2. The Hall–Kier alpha value is -0.830. The van der Waals surface area contributed by atoms with Gasteiger partial charge in [0.25, 0.3) is 0 Å². The number of hydrogen-bond acceptors (Lipinski definition) is 2. The third kappa shape index (κ3) is 3.85. The lowest BCUT2D eigenvalue weighted by Crippen LogP contribution is -2.46. The molecule has 20 heavy (non-hydrogen) atoms. The minimum atomic E-state index is 0.292. The molecular formula is C17H31N3. The van der Waals surface area contributed by atoms with Crippen LogP contribution in [0.1, 0.15) is 77.5 Å². The fourth-order valence-electron chi connectivity index (χ4n) is 3.39. The molecule has 1 aliphatic heterocycles. The molecule has 1 aromatic rings. The third-order valence-electron chi connectivity index (χ3n) is 4.79. The highest BCUT2D eigenvalue weighted by molar-refractivity contribution is 5.07. The van der Waals surface area contributed by atoms with E-state index in [0.717, 1.165) is 12.8 Å². The summed E-state index contributed by atoms with van der Waals surface area (Å²) in [5, 5.41) is 8.66. The van der Waals surface area contributed by atoms with Crippen molar-refractivity contribution in [3.8, 4) is 0 Å². The van der Waals surface area contributed by atoms with E-state index in [-0.39, 0.29) is 0 Å². The zero-order chi connectivity index (χ0) is 14.4. The summed E-state index contributed by atoms with van der Waals surface area (Å²) in [4.78, 5) is 0. The van der Waals surface area contributed by atoms with Crippen LogP contribution < -0.4 is 5.32 Å². The lowest BCUT2D eigenvalue weighted by Gasteiger charge is -2.33. The second kappa shape index (κ2) is 7.26. The molecule has 1 N–H and O–H groups in total. The summed E-state index contributed by atoms with van der Waals surface area (Å²) in [6.07, 6.45) is 12.3. The van der Waals surface area contributed by atoms with Crippen LogP contribution in [0.2, 0.25) is 0 Å². The van der Waals surface area contributed by atoms with Crippen LogP contribution in [0.15, 0.2) is 12.3 Å². The molecule has 2 atom stereocenters. The molecule has 3 nitrogen and oxygen atoms in total. The van der Waals surface area contributed by atoms with E-state index in [1.807, 2.05) is 0 Å². The number of hydrogen-bond donors (Lipinski definition) is 1. The van der Waals surface area contributed by atoms with Gasteiger partial charge in [0.1, 0.15) is 0 Å². The topological polar surface area (TPSA) is 29.9 Å². The van der Waals surface area contributed by atoms with Gasteiger partial charge in [0, 0.05) is 24.2 Å². The molecule has 0 aromatic carbocycles. The van der Waals surface area contributed by atoms with Crippen molar-refractivity contribution in [1.82, 2.24) is 15.1 Å². The first kappa shape index (κ1) is 15.6. The summed E-state index contributed by atoms with van der Waals surface area (Å²) in [6, 6.07) is 2.73. The largest absolute Gasteiger partial charge is 0.311 e. The van der Waals surface area contributed by atoms with Gasteiger partial charge in [-0.05, 0) is 45.2 Å². The summed E-state index contributed by atoms with van der Waals surface area (Å²) >= 11 is 0. The molecule has 114 valence electrons. The van der Waals surface area contributed by atoms with Crippen molar-refractivity contribution in [2.24, 2.45) is 0 Å². The number of aromatic nitrogens is 2. The summed E-state index contributed by atoms with van der Waals surface area (Å²) in [5.41, 5.74) is 1.55. The van der Waals surface area contributed by atoms with Crippen LogP contribution in [0.25, 0.3) is 0 Å².